The Labute approximate surface area is 54.0 Å². The second-order valence-corrected chi connectivity index (χ2v) is 1.54. The van der Waals surface area contributed by atoms with Crippen molar-refractivity contribution in [1.29, 1.82) is 0 Å². The third-order valence-corrected chi connectivity index (χ3v) is 0.754. The molecular formula is C5H12O4. The lowest BCUT2D eigenvalue weighted by atomic mass is 10.4. The molecule has 0 aromatic carbocycles. The highest BCUT2D eigenvalue weighted by Gasteiger charge is 1.99. The number of hydrogen-bond acceptors (Lipinski definition) is 4. The summed E-state index contributed by atoms with van der Waals surface area (Å²) in [6.45, 7) is -0.0218. The predicted molar refractivity (Wildman–Crippen MR) is 30.7 cm³/mol. The van der Waals surface area contributed by atoms with E-state index in [1.54, 1.807) is 0 Å². The lowest BCUT2D eigenvalue weighted by Crippen LogP contribution is -2.14. The average molecular weight is 136 g/mol. The van der Waals surface area contributed by atoms with Gasteiger partial charge in [-0.1, -0.05) is 0 Å². The summed E-state index contributed by atoms with van der Waals surface area (Å²) in [4.78, 5) is 0. The fourth-order valence-corrected chi connectivity index (χ4v) is 0.340. The fourth-order valence-electron chi connectivity index (χ4n) is 0.340. The molecule has 0 rings (SSSR count). The van der Waals surface area contributed by atoms with Crippen molar-refractivity contribution in [3.63, 3.8) is 0 Å². The molecular weight excluding hydrogens is 124 g/mol. The van der Waals surface area contributed by atoms with Crippen LogP contribution in [-0.2, 0) is 9.47 Å². The van der Waals surface area contributed by atoms with Gasteiger partial charge in [0.25, 0.3) is 0 Å². The van der Waals surface area contributed by atoms with Crippen LogP contribution < -0.4 is 0 Å². The van der Waals surface area contributed by atoms with Crippen LogP contribution in [0.1, 0.15) is 6.42 Å². The molecule has 0 amide bonds. The van der Waals surface area contributed by atoms with E-state index in [9.17, 15) is 0 Å². The number of aliphatic hydroxyl groups is 2. The molecule has 0 radical (unpaired) electrons. The summed E-state index contributed by atoms with van der Waals surface area (Å²) in [5.41, 5.74) is 0. The van der Waals surface area contributed by atoms with Gasteiger partial charge in [0, 0.05) is 20.1 Å². The van der Waals surface area contributed by atoms with Gasteiger partial charge in [-0.25, -0.2) is 0 Å². The largest absolute Gasteiger partial charge is 0.396 e. The summed E-state index contributed by atoms with van der Waals surface area (Å²) >= 11 is 0. The first-order chi connectivity index (χ1) is 4.31. The van der Waals surface area contributed by atoms with Gasteiger partial charge in [-0.2, -0.15) is 0 Å². The Morgan fingerprint density at radius 3 is 2.67 bits per heavy atom. The van der Waals surface area contributed by atoms with Crippen LogP contribution in [-0.4, -0.2) is 37.0 Å². The minimum absolute atomic E-state index is 0.0567. The van der Waals surface area contributed by atoms with Crippen LogP contribution in [0.5, 0.6) is 0 Å². The van der Waals surface area contributed by atoms with Gasteiger partial charge in [0.2, 0.25) is 0 Å². The van der Waals surface area contributed by atoms with Crippen molar-refractivity contribution in [3.05, 3.63) is 0 Å². The maximum atomic E-state index is 8.72. The van der Waals surface area contributed by atoms with E-state index in [2.05, 4.69) is 9.47 Å². The second-order valence-electron chi connectivity index (χ2n) is 1.54. The van der Waals surface area contributed by atoms with Crippen LogP contribution >= 0.6 is 0 Å². The molecule has 0 saturated carbocycles. The van der Waals surface area contributed by atoms with Crippen LogP contribution in [0.15, 0.2) is 0 Å². The number of methoxy groups -OCH3 is 1. The molecule has 0 heterocycles. The van der Waals surface area contributed by atoms with E-state index in [0.29, 0.717) is 0 Å². The van der Waals surface area contributed by atoms with E-state index in [1.807, 2.05) is 0 Å². The Bertz CT molecular complexity index is 56.9. The van der Waals surface area contributed by atoms with Crippen LogP contribution in [0, 0.1) is 0 Å². The van der Waals surface area contributed by atoms with Gasteiger partial charge < -0.3 is 19.7 Å². The van der Waals surface area contributed by atoms with E-state index >= 15 is 0 Å². The van der Waals surface area contributed by atoms with Crippen LogP contribution in [0.3, 0.4) is 0 Å². The average Bonchev–Trinajstić information content (AvgIpc) is 1.85. The molecule has 0 aromatic rings. The number of hydrogen-bond donors (Lipinski definition) is 2. The Balaban J connectivity index is 2.95. The van der Waals surface area contributed by atoms with Gasteiger partial charge >= 0.3 is 0 Å². The number of rotatable bonds is 5. The summed E-state index contributed by atoms with van der Waals surface area (Å²) < 4.78 is 9.10. The molecule has 0 spiro atoms. The first-order valence-corrected chi connectivity index (χ1v) is 2.70. The molecule has 0 aliphatic rings. The molecule has 4 heteroatoms. The lowest BCUT2D eigenvalue weighted by molar-refractivity contribution is -0.166. The van der Waals surface area contributed by atoms with Crippen LogP contribution in [0.25, 0.3) is 0 Å². The normalized spacial score (nSPS) is 13.7. The standard InChI is InChI=1S/C5H12O4/c1-8-4-9-5(7)2-3-6/h5-7H,2-4H2,1H3. The Hall–Kier alpha value is -0.160. The van der Waals surface area contributed by atoms with Crippen molar-refractivity contribution < 1.29 is 19.7 Å². The second kappa shape index (κ2) is 5.97. The van der Waals surface area contributed by atoms with Crippen LogP contribution in [0.2, 0.25) is 0 Å². The number of aliphatic hydroxyl groups excluding tert-OH is 2. The lowest BCUT2D eigenvalue weighted by Gasteiger charge is -2.07. The summed E-state index contributed by atoms with van der Waals surface area (Å²) in [6.07, 6.45) is -0.682. The molecule has 0 saturated heterocycles. The van der Waals surface area contributed by atoms with Crippen molar-refractivity contribution in [2.24, 2.45) is 0 Å². The minimum Gasteiger partial charge on any atom is -0.396 e. The zero-order valence-electron chi connectivity index (χ0n) is 5.41. The van der Waals surface area contributed by atoms with Gasteiger partial charge in [-0.3, -0.25) is 0 Å². The summed E-state index contributed by atoms with van der Waals surface area (Å²) in [5.74, 6) is 0. The molecule has 56 valence electrons. The number of ether oxygens (including phenoxy) is 2. The molecule has 0 aliphatic heterocycles. The maximum absolute atomic E-state index is 8.72. The van der Waals surface area contributed by atoms with E-state index in [-0.39, 0.29) is 19.8 Å². The summed E-state index contributed by atoms with van der Waals surface area (Å²) in [7, 11) is 1.46. The molecule has 9 heavy (non-hydrogen) atoms. The molecule has 1 unspecified atom stereocenters. The van der Waals surface area contributed by atoms with Crippen molar-refractivity contribution in [3.8, 4) is 0 Å². The quantitative estimate of drug-likeness (QED) is 0.491. The topological polar surface area (TPSA) is 58.9 Å². The predicted octanol–water partition coefficient (Wildman–Crippen LogP) is -0.692. The van der Waals surface area contributed by atoms with Crippen molar-refractivity contribution in [2.45, 2.75) is 12.7 Å². The van der Waals surface area contributed by atoms with Crippen molar-refractivity contribution in [1.82, 2.24) is 0 Å². The van der Waals surface area contributed by atoms with E-state index in [4.69, 9.17) is 10.2 Å². The van der Waals surface area contributed by atoms with E-state index in [1.165, 1.54) is 7.11 Å². The maximum Gasteiger partial charge on any atom is 0.159 e. The summed E-state index contributed by atoms with van der Waals surface area (Å²) in [5, 5.41) is 17.0. The fraction of sp³-hybridized carbons (Fsp3) is 1.00. The Kier molecular flexibility index (Phi) is 5.86. The van der Waals surface area contributed by atoms with Gasteiger partial charge in [0.1, 0.15) is 6.79 Å². The molecule has 0 bridgehead atoms. The third-order valence-electron chi connectivity index (χ3n) is 0.754. The zero-order valence-corrected chi connectivity index (χ0v) is 5.41. The van der Waals surface area contributed by atoms with Gasteiger partial charge in [-0.05, 0) is 0 Å². The molecule has 0 fully saturated rings. The molecule has 2 N–H and O–H groups in total. The van der Waals surface area contributed by atoms with Gasteiger partial charge in [0.15, 0.2) is 6.29 Å². The van der Waals surface area contributed by atoms with Gasteiger partial charge in [0.05, 0.1) is 0 Å². The summed E-state index contributed by atoms with van der Waals surface area (Å²) in [6, 6.07) is 0. The van der Waals surface area contributed by atoms with E-state index in [0.717, 1.165) is 0 Å². The van der Waals surface area contributed by atoms with Crippen LogP contribution in [0.4, 0.5) is 0 Å². The van der Waals surface area contributed by atoms with Crippen molar-refractivity contribution in [2.75, 3.05) is 20.5 Å². The van der Waals surface area contributed by atoms with Gasteiger partial charge in [-0.15, -0.1) is 0 Å². The first kappa shape index (κ1) is 8.84. The SMILES string of the molecule is COCOC(O)CCO. The first-order valence-electron chi connectivity index (χ1n) is 2.70. The highest BCUT2D eigenvalue weighted by molar-refractivity contribution is 4.35. The van der Waals surface area contributed by atoms with Crippen molar-refractivity contribution >= 4 is 0 Å². The molecule has 4 nitrogen and oxygen atoms in total. The molecule has 1 atom stereocenters. The van der Waals surface area contributed by atoms with E-state index < -0.39 is 6.29 Å². The molecule has 0 aromatic heterocycles. The third kappa shape index (κ3) is 5.72. The molecule has 0 aliphatic carbocycles. The highest BCUT2D eigenvalue weighted by atomic mass is 16.7. The monoisotopic (exact) mass is 136 g/mol. The minimum atomic E-state index is -0.907. The highest BCUT2D eigenvalue weighted by Crippen LogP contribution is 1.91. The Morgan fingerprint density at radius 2 is 2.22 bits per heavy atom. The smallest absolute Gasteiger partial charge is 0.159 e. The zero-order chi connectivity index (χ0) is 7.11. The Morgan fingerprint density at radius 1 is 1.56 bits per heavy atom.